The second-order valence-electron chi connectivity index (χ2n) is 4.62. The monoisotopic (exact) mass is 317 g/mol. The highest BCUT2D eigenvalue weighted by atomic mass is 32.1. The van der Waals surface area contributed by atoms with Crippen molar-refractivity contribution in [1.29, 1.82) is 0 Å². The molecule has 0 spiro atoms. The van der Waals surface area contributed by atoms with Crippen molar-refractivity contribution >= 4 is 17.2 Å². The van der Waals surface area contributed by atoms with Gasteiger partial charge in [0.2, 0.25) is 5.91 Å². The zero-order chi connectivity index (χ0) is 15.4. The molecular weight excluding hydrogens is 302 g/mol. The van der Waals surface area contributed by atoms with Crippen LogP contribution in [0.5, 0.6) is 0 Å². The van der Waals surface area contributed by atoms with Gasteiger partial charge in [0, 0.05) is 12.4 Å². The fourth-order valence-electron chi connectivity index (χ4n) is 2.07. The lowest BCUT2D eigenvalue weighted by Gasteiger charge is -2.14. The minimum Gasteiger partial charge on any atom is -0.347 e. The van der Waals surface area contributed by atoms with Gasteiger partial charge in [-0.25, -0.2) is 0 Å². The molecule has 3 aromatic heterocycles. The third-order valence-corrected chi connectivity index (χ3v) is 4.01. The molecule has 7 nitrogen and oxygen atoms in total. The summed E-state index contributed by atoms with van der Waals surface area (Å²) in [6, 6.07) is 5.29. The molecule has 0 radical (unpaired) electrons. The first-order valence-corrected chi connectivity index (χ1v) is 7.79. The molecule has 0 aromatic carbocycles. The molecule has 3 rings (SSSR count). The number of carbonyl (C=O) groups excluding carboxylic acids is 1. The smallest absolute Gasteiger partial charge is 0.268 e. The summed E-state index contributed by atoms with van der Waals surface area (Å²) >= 11 is 1.53. The summed E-state index contributed by atoms with van der Waals surface area (Å²) in [5, 5.41) is 12.7. The van der Waals surface area contributed by atoms with Crippen LogP contribution >= 0.6 is 11.3 Å². The van der Waals surface area contributed by atoms with Crippen LogP contribution in [0.2, 0.25) is 0 Å². The summed E-state index contributed by atoms with van der Waals surface area (Å²) in [7, 11) is 0. The van der Waals surface area contributed by atoms with E-state index in [1.54, 1.807) is 23.1 Å². The Labute approximate surface area is 131 Å². The molecule has 0 aliphatic heterocycles. The van der Waals surface area contributed by atoms with Crippen molar-refractivity contribution in [3.8, 4) is 10.8 Å². The highest BCUT2D eigenvalue weighted by molar-refractivity contribution is 7.13. The van der Waals surface area contributed by atoms with Crippen LogP contribution in [0.15, 0.2) is 40.5 Å². The van der Waals surface area contributed by atoms with Gasteiger partial charge in [0.25, 0.3) is 5.89 Å². The average molecular weight is 317 g/mol. The van der Waals surface area contributed by atoms with Gasteiger partial charge in [0.05, 0.1) is 11.4 Å². The maximum atomic E-state index is 12.2. The van der Waals surface area contributed by atoms with Crippen LogP contribution in [0.25, 0.3) is 10.8 Å². The van der Waals surface area contributed by atoms with Crippen LogP contribution in [0.3, 0.4) is 0 Å². The van der Waals surface area contributed by atoms with Gasteiger partial charge in [0.1, 0.15) is 6.04 Å². The van der Waals surface area contributed by atoms with Crippen molar-refractivity contribution in [2.75, 3.05) is 0 Å². The van der Waals surface area contributed by atoms with Crippen LogP contribution in [-0.2, 0) is 11.3 Å². The molecular formula is C14H15N5O2S. The molecule has 3 aromatic rings. The van der Waals surface area contributed by atoms with Gasteiger partial charge in [-0.1, -0.05) is 18.1 Å². The second-order valence-corrected chi connectivity index (χ2v) is 5.57. The van der Waals surface area contributed by atoms with E-state index in [-0.39, 0.29) is 18.5 Å². The van der Waals surface area contributed by atoms with Gasteiger partial charge in [0.15, 0.2) is 5.82 Å². The Morgan fingerprint density at radius 1 is 1.50 bits per heavy atom. The Kier molecular flexibility index (Phi) is 4.29. The van der Waals surface area contributed by atoms with Gasteiger partial charge in [-0.05, 0) is 23.9 Å². The molecule has 0 saturated carbocycles. The predicted molar refractivity (Wildman–Crippen MR) is 81.0 cm³/mol. The molecule has 0 saturated heterocycles. The van der Waals surface area contributed by atoms with Gasteiger partial charge in [-0.2, -0.15) is 10.1 Å². The quantitative estimate of drug-likeness (QED) is 0.753. The molecule has 0 fully saturated rings. The lowest BCUT2D eigenvalue weighted by atomic mass is 10.2. The number of nitrogens with zero attached hydrogens (tertiary/aromatic N) is 4. The van der Waals surface area contributed by atoms with E-state index in [0.717, 1.165) is 4.88 Å². The molecule has 8 heteroatoms. The van der Waals surface area contributed by atoms with E-state index < -0.39 is 0 Å². The number of carbonyl (C=O) groups is 1. The summed E-state index contributed by atoms with van der Waals surface area (Å²) in [4.78, 5) is 17.4. The number of hydrogen-bond donors (Lipinski definition) is 1. The largest absolute Gasteiger partial charge is 0.347 e. The summed E-state index contributed by atoms with van der Waals surface area (Å²) in [6.45, 7) is 2.17. The Bertz CT molecular complexity index is 720. The predicted octanol–water partition coefficient (Wildman–Crippen LogP) is 2.26. The van der Waals surface area contributed by atoms with Crippen LogP contribution in [0.4, 0.5) is 0 Å². The van der Waals surface area contributed by atoms with Gasteiger partial charge in [-0.3, -0.25) is 9.48 Å². The van der Waals surface area contributed by atoms with E-state index in [2.05, 4.69) is 20.6 Å². The van der Waals surface area contributed by atoms with Crippen molar-refractivity contribution in [3.63, 3.8) is 0 Å². The highest BCUT2D eigenvalue weighted by Gasteiger charge is 2.19. The van der Waals surface area contributed by atoms with Gasteiger partial charge in [-0.15, -0.1) is 11.3 Å². The van der Waals surface area contributed by atoms with E-state index in [9.17, 15) is 4.79 Å². The molecule has 1 N–H and O–H groups in total. The number of rotatable bonds is 6. The van der Waals surface area contributed by atoms with Crippen molar-refractivity contribution in [2.24, 2.45) is 0 Å². The minimum absolute atomic E-state index is 0.117. The number of amides is 1. The third kappa shape index (κ3) is 3.06. The van der Waals surface area contributed by atoms with Crippen molar-refractivity contribution in [1.82, 2.24) is 25.2 Å². The highest BCUT2D eigenvalue weighted by Crippen LogP contribution is 2.22. The first-order valence-electron chi connectivity index (χ1n) is 6.91. The molecule has 1 atom stereocenters. The lowest BCUT2D eigenvalue weighted by Crippen LogP contribution is -2.32. The first-order chi connectivity index (χ1) is 10.8. The first kappa shape index (κ1) is 14.5. The van der Waals surface area contributed by atoms with Crippen LogP contribution in [0.1, 0.15) is 25.2 Å². The number of nitrogens with one attached hydrogen (secondary N) is 1. The summed E-state index contributed by atoms with van der Waals surface area (Å²) < 4.78 is 6.82. The van der Waals surface area contributed by atoms with Crippen molar-refractivity contribution in [3.05, 3.63) is 41.8 Å². The maximum Gasteiger partial charge on any atom is 0.268 e. The Hall–Kier alpha value is -2.48. The average Bonchev–Trinajstić information content (AvgIpc) is 3.26. The van der Waals surface area contributed by atoms with Crippen LogP contribution in [0, 0.1) is 0 Å². The zero-order valence-electron chi connectivity index (χ0n) is 12.0. The summed E-state index contributed by atoms with van der Waals surface area (Å²) in [6.07, 6.45) is 4.08. The fourth-order valence-corrected chi connectivity index (χ4v) is 2.71. The van der Waals surface area contributed by atoms with E-state index in [1.165, 1.54) is 11.3 Å². The van der Waals surface area contributed by atoms with E-state index >= 15 is 0 Å². The summed E-state index contributed by atoms with van der Waals surface area (Å²) in [5.74, 6) is 0.805. The number of hydrogen-bond acceptors (Lipinski definition) is 6. The Morgan fingerprint density at radius 2 is 2.41 bits per heavy atom. The SMILES string of the molecule is CCC(C(=O)NCc1noc(-c2cccs2)n1)n1cccn1. The van der Waals surface area contributed by atoms with Crippen molar-refractivity contribution < 1.29 is 9.32 Å². The molecule has 0 aliphatic carbocycles. The van der Waals surface area contributed by atoms with Crippen LogP contribution in [-0.4, -0.2) is 25.8 Å². The standard InChI is InChI=1S/C14H15N5O2S/c1-2-10(19-7-4-6-16-19)13(20)15-9-12-17-14(21-18-12)11-5-3-8-22-11/h3-8,10H,2,9H2,1H3,(H,15,20). The van der Waals surface area contributed by atoms with E-state index in [4.69, 9.17) is 4.52 Å². The Balaban J connectivity index is 1.61. The van der Waals surface area contributed by atoms with Crippen LogP contribution < -0.4 is 5.32 Å². The topological polar surface area (TPSA) is 85.8 Å². The van der Waals surface area contributed by atoms with E-state index in [0.29, 0.717) is 18.1 Å². The lowest BCUT2D eigenvalue weighted by molar-refractivity contribution is -0.124. The molecule has 3 heterocycles. The molecule has 114 valence electrons. The normalized spacial score (nSPS) is 12.2. The maximum absolute atomic E-state index is 12.2. The second kappa shape index (κ2) is 6.52. The molecule has 22 heavy (non-hydrogen) atoms. The fraction of sp³-hybridized carbons (Fsp3) is 0.286. The number of thiophene rings is 1. The molecule has 0 aliphatic rings. The minimum atomic E-state index is -0.335. The third-order valence-electron chi connectivity index (χ3n) is 3.15. The van der Waals surface area contributed by atoms with Gasteiger partial charge >= 0.3 is 0 Å². The summed E-state index contributed by atoms with van der Waals surface area (Å²) in [5.41, 5.74) is 0. The molecule has 0 bridgehead atoms. The van der Waals surface area contributed by atoms with E-state index in [1.807, 2.05) is 24.4 Å². The van der Waals surface area contributed by atoms with Gasteiger partial charge < -0.3 is 9.84 Å². The van der Waals surface area contributed by atoms with Crippen molar-refractivity contribution in [2.45, 2.75) is 25.9 Å². The Morgan fingerprint density at radius 3 is 3.09 bits per heavy atom. The number of aromatic nitrogens is 4. The molecule has 1 unspecified atom stereocenters. The molecule has 1 amide bonds. The zero-order valence-corrected chi connectivity index (χ0v) is 12.8.